The van der Waals surface area contributed by atoms with E-state index in [0.717, 1.165) is 10.9 Å². The predicted molar refractivity (Wildman–Crippen MR) is 158 cm³/mol. The second-order valence-corrected chi connectivity index (χ2v) is 11.6. The van der Waals surface area contributed by atoms with Crippen molar-refractivity contribution in [2.24, 2.45) is 0 Å². The number of rotatable bonds is 10. The van der Waals surface area contributed by atoms with E-state index >= 15 is 0 Å². The Labute approximate surface area is 270 Å². The molecule has 48 heavy (non-hydrogen) atoms. The van der Waals surface area contributed by atoms with E-state index < -0.39 is 64.9 Å². The van der Waals surface area contributed by atoms with Crippen LogP contribution in [0.1, 0.15) is 36.5 Å². The van der Waals surface area contributed by atoms with Crippen molar-refractivity contribution in [3.05, 3.63) is 69.9 Å². The number of amides is 1. The van der Waals surface area contributed by atoms with Gasteiger partial charge in [-0.3, -0.25) is 9.59 Å². The molecule has 1 amide bonds. The Morgan fingerprint density at radius 1 is 1.00 bits per heavy atom. The average Bonchev–Trinajstić information content (AvgIpc) is 3.40. The van der Waals surface area contributed by atoms with Crippen LogP contribution in [0.3, 0.4) is 0 Å². The van der Waals surface area contributed by atoms with Crippen molar-refractivity contribution in [3.63, 3.8) is 0 Å². The van der Waals surface area contributed by atoms with Gasteiger partial charge >= 0.3 is 12.4 Å². The van der Waals surface area contributed by atoms with Crippen LogP contribution in [-0.4, -0.2) is 93.3 Å². The van der Waals surface area contributed by atoms with Gasteiger partial charge in [-0.25, -0.2) is 14.6 Å². The number of likely N-dealkylation sites (tertiary alicyclic amines) is 1. The number of carbonyl (C=O) groups is 1. The number of ether oxygens (including phenoxy) is 2. The SMILES string of the molecule is COc1ccc(Cn2ncc(NC(C)COC3CCN([C@H]4CCN(c5ncc(C(F)(F)F)cn5)C[C@H]4O)C3=O)c(C(F)(F)F)c2=O)cc1. The van der Waals surface area contributed by atoms with Gasteiger partial charge in [-0.15, -0.1) is 0 Å². The second kappa shape index (κ2) is 14.0. The number of benzene rings is 1. The van der Waals surface area contributed by atoms with Gasteiger partial charge in [0.2, 0.25) is 5.95 Å². The normalized spacial score (nSPS) is 21.0. The van der Waals surface area contributed by atoms with Crippen LogP contribution in [0.2, 0.25) is 0 Å². The fourth-order valence-electron chi connectivity index (χ4n) is 5.71. The van der Waals surface area contributed by atoms with E-state index in [1.165, 1.54) is 23.8 Å². The highest BCUT2D eigenvalue weighted by Gasteiger charge is 2.42. The molecule has 1 aromatic carbocycles. The van der Waals surface area contributed by atoms with Crippen LogP contribution in [0, 0.1) is 0 Å². The summed E-state index contributed by atoms with van der Waals surface area (Å²) in [6.07, 6.45) is -8.69. The maximum absolute atomic E-state index is 14.0. The molecule has 3 aromatic rings. The first-order valence-electron chi connectivity index (χ1n) is 15.0. The number of aliphatic hydroxyl groups excluding tert-OH is 1. The molecule has 2 saturated heterocycles. The third-order valence-electron chi connectivity index (χ3n) is 8.15. The molecule has 12 nitrogen and oxygen atoms in total. The lowest BCUT2D eigenvalue weighted by molar-refractivity contribution is -0.141. The molecule has 2 N–H and O–H groups in total. The zero-order chi connectivity index (χ0) is 34.8. The van der Waals surface area contributed by atoms with Gasteiger partial charge in [0, 0.05) is 44.5 Å². The van der Waals surface area contributed by atoms with Crippen molar-refractivity contribution in [1.82, 2.24) is 24.6 Å². The minimum Gasteiger partial charge on any atom is -0.497 e. The number of anilines is 2. The van der Waals surface area contributed by atoms with Gasteiger partial charge in [-0.05, 0) is 31.0 Å². The van der Waals surface area contributed by atoms with Gasteiger partial charge in [-0.1, -0.05) is 12.1 Å². The maximum atomic E-state index is 14.0. The quantitative estimate of drug-likeness (QED) is 0.307. The first kappa shape index (κ1) is 34.9. The number of nitrogens with one attached hydrogen (secondary N) is 1. The van der Waals surface area contributed by atoms with E-state index in [-0.39, 0.29) is 45.2 Å². The van der Waals surface area contributed by atoms with Crippen molar-refractivity contribution in [2.45, 2.75) is 63.0 Å². The topological polar surface area (TPSA) is 135 Å². The Kier molecular flexibility index (Phi) is 10.1. The van der Waals surface area contributed by atoms with Crippen molar-refractivity contribution in [3.8, 4) is 5.75 Å². The molecule has 2 aromatic heterocycles. The van der Waals surface area contributed by atoms with E-state index in [0.29, 0.717) is 30.1 Å². The monoisotopic (exact) mass is 685 g/mol. The van der Waals surface area contributed by atoms with Crippen LogP contribution in [0.15, 0.2) is 47.7 Å². The molecule has 5 rings (SSSR count). The molecule has 2 aliphatic heterocycles. The van der Waals surface area contributed by atoms with Gasteiger partial charge in [0.1, 0.15) is 17.4 Å². The average molecular weight is 686 g/mol. The molecule has 2 fully saturated rings. The molecule has 0 radical (unpaired) electrons. The van der Waals surface area contributed by atoms with E-state index in [1.54, 1.807) is 24.3 Å². The van der Waals surface area contributed by atoms with Gasteiger partial charge in [0.15, 0.2) is 0 Å². The number of alkyl halides is 6. The third kappa shape index (κ3) is 7.81. The standard InChI is InChI=1S/C30H33F6N7O5/c1-17(40-21-13-39-43(27(46)25(21)30(34,35)36)14-18-3-5-20(47-2)6-4-18)16-48-24-8-10-42(26(24)45)22-7-9-41(15-23(22)44)28-37-11-19(12-38-28)29(31,32)33/h3-6,11-13,17,22-24,40,44H,7-10,14-16H2,1-2H3/t17?,22-,23+,24?/m0/s1. The molecule has 0 saturated carbocycles. The van der Waals surface area contributed by atoms with E-state index in [4.69, 9.17) is 9.47 Å². The summed E-state index contributed by atoms with van der Waals surface area (Å²) >= 11 is 0. The lowest BCUT2D eigenvalue weighted by Crippen LogP contribution is -2.55. The van der Waals surface area contributed by atoms with Crippen molar-refractivity contribution < 1.29 is 45.7 Å². The van der Waals surface area contributed by atoms with Crippen molar-refractivity contribution in [2.75, 3.05) is 43.6 Å². The lowest BCUT2D eigenvalue weighted by Gasteiger charge is -2.40. The molecule has 0 aliphatic carbocycles. The summed E-state index contributed by atoms with van der Waals surface area (Å²) in [5, 5.41) is 17.4. The Bertz CT molecular complexity index is 1640. The fourth-order valence-corrected chi connectivity index (χ4v) is 5.71. The molecule has 2 aliphatic rings. The number of β-amino-alcohol motifs (C(OH)–C–C–N with tert-alkyl or cyclic N) is 1. The summed E-state index contributed by atoms with van der Waals surface area (Å²) in [4.78, 5) is 36.6. The van der Waals surface area contributed by atoms with E-state index in [2.05, 4.69) is 20.4 Å². The molecule has 0 spiro atoms. The summed E-state index contributed by atoms with van der Waals surface area (Å²) in [5.74, 6) is 0.171. The lowest BCUT2D eigenvalue weighted by atomic mass is 10.0. The van der Waals surface area contributed by atoms with Crippen LogP contribution in [-0.2, 0) is 28.4 Å². The molecule has 4 atom stereocenters. The summed E-state index contributed by atoms with van der Waals surface area (Å²) < 4.78 is 92.2. The number of aliphatic hydroxyl groups is 1. The summed E-state index contributed by atoms with van der Waals surface area (Å²) in [6.45, 7) is 1.68. The number of hydrogen-bond acceptors (Lipinski definition) is 10. The third-order valence-corrected chi connectivity index (χ3v) is 8.15. The number of hydrogen-bond donors (Lipinski definition) is 2. The minimum absolute atomic E-state index is 0.0132. The Morgan fingerprint density at radius 3 is 2.29 bits per heavy atom. The zero-order valence-electron chi connectivity index (χ0n) is 25.8. The highest BCUT2D eigenvalue weighted by Crippen LogP contribution is 2.33. The molecule has 18 heteroatoms. The number of halogens is 6. The summed E-state index contributed by atoms with van der Waals surface area (Å²) in [5.41, 5.74) is -3.72. The number of methoxy groups -OCH3 is 1. The second-order valence-electron chi connectivity index (χ2n) is 11.6. The Balaban J connectivity index is 1.16. The minimum atomic E-state index is -4.98. The molecule has 260 valence electrons. The molecular formula is C30H33F6N7O5. The van der Waals surface area contributed by atoms with E-state index in [9.17, 15) is 41.0 Å². The molecule has 4 heterocycles. The maximum Gasteiger partial charge on any atom is 0.423 e. The van der Waals surface area contributed by atoms with Gasteiger partial charge in [0.25, 0.3) is 11.5 Å². The van der Waals surface area contributed by atoms with Crippen LogP contribution in [0.25, 0.3) is 0 Å². The van der Waals surface area contributed by atoms with E-state index in [1.807, 2.05) is 0 Å². The summed E-state index contributed by atoms with van der Waals surface area (Å²) in [6, 6.07) is 5.10. The highest BCUT2D eigenvalue weighted by molar-refractivity contribution is 5.83. The largest absolute Gasteiger partial charge is 0.497 e. The van der Waals surface area contributed by atoms with Crippen LogP contribution < -0.4 is 20.5 Å². The number of aromatic nitrogens is 4. The first-order chi connectivity index (χ1) is 22.7. The van der Waals surface area contributed by atoms with Gasteiger partial charge in [0.05, 0.1) is 49.9 Å². The molecular weight excluding hydrogens is 652 g/mol. The molecule has 0 bridgehead atoms. The van der Waals surface area contributed by atoms with Crippen LogP contribution >= 0.6 is 0 Å². The molecule has 2 unspecified atom stereocenters. The highest BCUT2D eigenvalue weighted by atomic mass is 19.4. The summed E-state index contributed by atoms with van der Waals surface area (Å²) in [7, 11) is 1.47. The number of nitrogens with zero attached hydrogens (tertiary/aromatic N) is 6. The van der Waals surface area contributed by atoms with Crippen LogP contribution in [0.5, 0.6) is 5.75 Å². The van der Waals surface area contributed by atoms with Crippen LogP contribution in [0.4, 0.5) is 38.0 Å². The predicted octanol–water partition coefficient (Wildman–Crippen LogP) is 3.19. The fraction of sp³-hybridized carbons (Fsp3) is 0.500. The zero-order valence-corrected chi connectivity index (χ0v) is 25.8. The smallest absolute Gasteiger partial charge is 0.423 e. The first-order valence-corrected chi connectivity index (χ1v) is 15.0. The van der Waals surface area contributed by atoms with Gasteiger partial charge in [-0.2, -0.15) is 31.4 Å². The van der Waals surface area contributed by atoms with Crippen molar-refractivity contribution in [1.29, 1.82) is 0 Å². The van der Waals surface area contributed by atoms with Gasteiger partial charge < -0.3 is 29.7 Å². The Morgan fingerprint density at radius 2 is 1.69 bits per heavy atom. The van der Waals surface area contributed by atoms with Crippen molar-refractivity contribution >= 4 is 17.5 Å². The number of carbonyl (C=O) groups excluding carboxylic acids is 1. The Hall–Kier alpha value is -4.45. The number of piperidine rings is 1.